The predicted molar refractivity (Wildman–Crippen MR) is 91.3 cm³/mol. The summed E-state index contributed by atoms with van der Waals surface area (Å²) < 4.78 is 10.1. The lowest BCUT2D eigenvalue weighted by molar-refractivity contribution is -0.162. The number of carbonyl (C=O) groups excluding carboxylic acids is 2. The van der Waals surface area contributed by atoms with Gasteiger partial charge in [-0.05, 0) is 33.1 Å². The van der Waals surface area contributed by atoms with Crippen LogP contribution in [0.15, 0.2) is 12.7 Å². The third-order valence-electron chi connectivity index (χ3n) is 3.62. The molecule has 140 valence electrons. The van der Waals surface area contributed by atoms with Crippen LogP contribution < -0.4 is 0 Å². The fraction of sp³-hybridized carbons (Fsp3) is 0.778. The van der Waals surface area contributed by atoms with E-state index in [1.807, 2.05) is 6.08 Å². The zero-order valence-corrected chi connectivity index (χ0v) is 14.9. The normalized spacial score (nSPS) is 14.5. The van der Waals surface area contributed by atoms with Gasteiger partial charge in [0.25, 0.3) is 0 Å². The molecule has 6 heteroatoms. The maximum absolute atomic E-state index is 12.2. The van der Waals surface area contributed by atoms with Crippen molar-refractivity contribution in [3.05, 3.63) is 12.7 Å². The first kappa shape index (κ1) is 22.6. The van der Waals surface area contributed by atoms with Gasteiger partial charge in [0.15, 0.2) is 0 Å². The van der Waals surface area contributed by atoms with Crippen LogP contribution in [0.2, 0.25) is 0 Å². The third-order valence-corrected chi connectivity index (χ3v) is 3.62. The van der Waals surface area contributed by atoms with E-state index in [2.05, 4.69) is 6.58 Å². The molecule has 0 fully saturated rings. The molecule has 0 aromatic carbocycles. The third kappa shape index (κ3) is 11.2. The maximum Gasteiger partial charge on any atom is 0.309 e. The summed E-state index contributed by atoms with van der Waals surface area (Å²) in [6.45, 7) is 6.34. The Morgan fingerprint density at radius 2 is 1.58 bits per heavy atom. The minimum absolute atomic E-state index is 0.0754. The molecule has 2 N–H and O–H groups in total. The van der Waals surface area contributed by atoms with Crippen LogP contribution in [0.5, 0.6) is 0 Å². The summed E-state index contributed by atoms with van der Waals surface area (Å²) in [5.41, 5.74) is 0. The van der Waals surface area contributed by atoms with Crippen molar-refractivity contribution >= 4 is 11.9 Å². The summed E-state index contributed by atoms with van der Waals surface area (Å²) in [5.74, 6) is -1.60. The van der Waals surface area contributed by atoms with Gasteiger partial charge in [0.1, 0.15) is 12.2 Å². The minimum atomic E-state index is -0.597. The molecule has 3 atom stereocenters. The van der Waals surface area contributed by atoms with E-state index in [0.717, 1.165) is 32.1 Å². The lowest BCUT2D eigenvalue weighted by Crippen LogP contribution is -2.28. The molecule has 3 unspecified atom stereocenters. The molecule has 0 radical (unpaired) electrons. The summed E-state index contributed by atoms with van der Waals surface area (Å²) in [7, 11) is 0. The van der Waals surface area contributed by atoms with Gasteiger partial charge in [0.05, 0.1) is 25.6 Å². The Morgan fingerprint density at radius 3 is 2.17 bits per heavy atom. The number of aliphatic hydroxyl groups is 2. The van der Waals surface area contributed by atoms with Crippen molar-refractivity contribution in [2.24, 2.45) is 5.92 Å². The second kappa shape index (κ2) is 14.0. The number of rotatable bonds is 14. The Kier molecular flexibility index (Phi) is 13.2. The van der Waals surface area contributed by atoms with Crippen molar-refractivity contribution in [2.45, 2.75) is 71.0 Å². The van der Waals surface area contributed by atoms with Crippen LogP contribution in [-0.2, 0) is 19.1 Å². The Balaban J connectivity index is 4.44. The summed E-state index contributed by atoms with van der Waals surface area (Å²) in [6, 6.07) is 0. The monoisotopic (exact) mass is 344 g/mol. The van der Waals surface area contributed by atoms with E-state index < -0.39 is 30.1 Å². The highest BCUT2D eigenvalue weighted by Crippen LogP contribution is 2.19. The van der Waals surface area contributed by atoms with Gasteiger partial charge in [-0.3, -0.25) is 9.59 Å². The molecule has 24 heavy (non-hydrogen) atoms. The summed E-state index contributed by atoms with van der Waals surface area (Å²) in [6.07, 6.45) is 6.02. The Hall–Kier alpha value is -1.40. The molecular weight excluding hydrogens is 312 g/mol. The van der Waals surface area contributed by atoms with Crippen molar-refractivity contribution in [3.8, 4) is 0 Å². The second-order valence-electron chi connectivity index (χ2n) is 6.09. The maximum atomic E-state index is 12.2. The van der Waals surface area contributed by atoms with Gasteiger partial charge >= 0.3 is 11.9 Å². The summed E-state index contributed by atoms with van der Waals surface area (Å²) in [5, 5.41) is 17.9. The van der Waals surface area contributed by atoms with Crippen molar-refractivity contribution in [3.63, 3.8) is 0 Å². The highest BCUT2D eigenvalue weighted by Gasteiger charge is 2.26. The number of ether oxygens (including phenoxy) is 2. The number of allylic oxidation sites excluding steroid dienone is 1. The Morgan fingerprint density at radius 1 is 1.00 bits per heavy atom. The van der Waals surface area contributed by atoms with Crippen molar-refractivity contribution in [2.75, 3.05) is 13.2 Å². The molecule has 0 heterocycles. The number of aliphatic hydroxyl groups excluding tert-OH is 2. The summed E-state index contributed by atoms with van der Waals surface area (Å²) >= 11 is 0. The molecular formula is C18H32O6. The average molecular weight is 344 g/mol. The molecule has 0 amide bonds. The van der Waals surface area contributed by atoms with Gasteiger partial charge in [-0.1, -0.05) is 25.3 Å². The molecule has 0 aromatic heterocycles. The van der Waals surface area contributed by atoms with Gasteiger partial charge in [-0.15, -0.1) is 6.58 Å². The zero-order valence-electron chi connectivity index (χ0n) is 14.9. The number of carbonyl (C=O) groups is 2. The van der Waals surface area contributed by atoms with Crippen molar-refractivity contribution in [1.82, 2.24) is 0 Å². The minimum Gasteiger partial charge on any atom is -0.460 e. The van der Waals surface area contributed by atoms with Gasteiger partial charge in [0.2, 0.25) is 0 Å². The predicted octanol–water partition coefficient (Wildman–Crippen LogP) is 2.37. The molecule has 0 rings (SSSR count). The molecule has 0 aliphatic carbocycles. The van der Waals surface area contributed by atoms with E-state index in [1.54, 1.807) is 13.8 Å². The Labute approximate surface area is 144 Å². The Bertz CT molecular complexity index is 369. The molecule has 0 bridgehead atoms. The fourth-order valence-electron chi connectivity index (χ4n) is 2.18. The number of hydrogen-bond donors (Lipinski definition) is 2. The van der Waals surface area contributed by atoms with E-state index in [9.17, 15) is 9.59 Å². The van der Waals surface area contributed by atoms with Crippen molar-refractivity contribution in [1.29, 1.82) is 0 Å². The zero-order chi connectivity index (χ0) is 18.4. The molecule has 0 aromatic rings. The van der Waals surface area contributed by atoms with Gasteiger partial charge in [0, 0.05) is 0 Å². The average Bonchev–Trinajstić information content (AvgIpc) is 2.56. The number of hydrogen-bond acceptors (Lipinski definition) is 6. The first-order chi connectivity index (χ1) is 11.4. The molecule has 0 spiro atoms. The van der Waals surface area contributed by atoms with E-state index in [-0.39, 0.29) is 19.6 Å². The summed E-state index contributed by atoms with van der Waals surface area (Å²) in [4.78, 5) is 24.0. The quantitative estimate of drug-likeness (QED) is 0.285. The van der Waals surface area contributed by atoms with Crippen LogP contribution in [0.25, 0.3) is 0 Å². The van der Waals surface area contributed by atoms with Crippen LogP contribution in [0.4, 0.5) is 0 Å². The smallest absolute Gasteiger partial charge is 0.309 e. The molecule has 0 aliphatic rings. The van der Waals surface area contributed by atoms with Crippen LogP contribution in [0.3, 0.4) is 0 Å². The number of unbranched alkanes of at least 4 members (excludes halogenated alkanes) is 4. The van der Waals surface area contributed by atoms with E-state index in [0.29, 0.717) is 6.42 Å². The topological polar surface area (TPSA) is 93.1 Å². The van der Waals surface area contributed by atoms with Crippen LogP contribution >= 0.6 is 0 Å². The van der Waals surface area contributed by atoms with Gasteiger partial charge in [-0.2, -0.15) is 0 Å². The highest BCUT2D eigenvalue weighted by molar-refractivity contribution is 5.80. The highest BCUT2D eigenvalue weighted by atomic mass is 16.6. The van der Waals surface area contributed by atoms with Gasteiger partial charge in [-0.25, -0.2) is 0 Å². The van der Waals surface area contributed by atoms with E-state index >= 15 is 0 Å². The van der Waals surface area contributed by atoms with Crippen molar-refractivity contribution < 1.29 is 29.3 Å². The van der Waals surface area contributed by atoms with E-state index in [1.165, 1.54) is 0 Å². The molecule has 0 aliphatic heterocycles. The standard InChI is InChI=1S/C18H32O6/c1-4-5-6-7-8-9-10-16(18(22)24-15(3)13-20)11-17(21)23-14(2)12-19/h4,14-16,19-20H,1,5-13H2,2-3H3. The lowest BCUT2D eigenvalue weighted by atomic mass is 9.97. The van der Waals surface area contributed by atoms with Crippen LogP contribution in [-0.4, -0.2) is 47.6 Å². The van der Waals surface area contributed by atoms with Crippen LogP contribution in [0.1, 0.15) is 58.8 Å². The first-order valence-corrected chi connectivity index (χ1v) is 8.67. The fourth-order valence-corrected chi connectivity index (χ4v) is 2.18. The van der Waals surface area contributed by atoms with E-state index in [4.69, 9.17) is 19.7 Å². The molecule has 0 saturated heterocycles. The number of esters is 2. The van der Waals surface area contributed by atoms with Crippen LogP contribution in [0, 0.1) is 5.92 Å². The lowest BCUT2D eigenvalue weighted by Gasteiger charge is -2.19. The molecule has 0 saturated carbocycles. The largest absolute Gasteiger partial charge is 0.460 e. The van der Waals surface area contributed by atoms with Gasteiger partial charge < -0.3 is 19.7 Å². The first-order valence-electron chi connectivity index (χ1n) is 8.67. The SMILES string of the molecule is C=CCCCCCCC(CC(=O)OC(C)CO)C(=O)OC(C)CO. The second-order valence-corrected chi connectivity index (χ2v) is 6.09. The molecule has 6 nitrogen and oxygen atoms in total.